The van der Waals surface area contributed by atoms with Gasteiger partial charge in [0.15, 0.2) is 0 Å². The molecule has 0 spiro atoms. The maximum absolute atomic E-state index is 10.7. The third-order valence-corrected chi connectivity index (χ3v) is 1.14. The van der Waals surface area contributed by atoms with E-state index in [9.17, 15) is 4.79 Å². The average Bonchev–Trinajstić information content (AvgIpc) is 2.02. The van der Waals surface area contributed by atoms with Gasteiger partial charge in [-0.2, -0.15) is 0 Å². The molecule has 0 saturated heterocycles. The fourth-order valence-corrected chi connectivity index (χ4v) is 0.570. The molecular formula is C7H12O4. The third-order valence-electron chi connectivity index (χ3n) is 1.14. The first-order valence-electron chi connectivity index (χ1n) is 3.17. The second-order valence-electron chi connectivity index (χ2n) is 2.09. The van der Waals surface area contributed by atoms with Crippen molar-refractivity contribution in [1.29, 1.82) is 0 Å². The Balaban J connectivity index is 4.09. The molecule has 4 heteroatoms. The van der Waals surface area contributed by atoms with E-state index in [1.54, 1.807) is 0 Å². The number of esters is 1. The Morgan fingerprint density at radius 3 is 2.64 bits per heavy atom. The van der Waals surface area contributed by atoms with Crippen molar-refractivity contribution in [3.63, 3.8) is 0 Å². The first-order valence-corrected chi connectivity index (χ1v) is 3.17. The van der Waals surface area contributed by atoms with Crippen molar-refractivity contribution in [3.8, 4) is 0 Å². The van der Waals surface area contributed by atoms with Crippen LogP contribution in [0.4, 0.5) is 0 Å². The van der Waals surface area contributed by atoms with Crippen molar-refractivity contribution in [2.75, 3.05) is 13.7 Å². The van der Waals surface area contributed by atoms with Gasteiger partial charge in [-0.3, -0.25) is 0 Å². The molecule has 0 aliphatic rings. The van der Waals surface area contributed by atoms with Crippen molar-refractivity contribution < 1.29 is 19.7 Å². The number of carbonyl (C=O) groups excluding carboxylic acids is 1. The highest BCUT2D eigenvalue weighted by molar-refractivity contribution is 5.87. The SMILES string of the molecule is COC(=O)C(C)=CC(O)CO. The summed E-state index contributed by atoms with van der Waals surface area (Å²) in [6, 6.07) is 0. The zero-order valence-electron chi connectivity index (χ0n) is 6.57. The van der Waals surface area contributed by atoms with E-state index in [0.717, 1.165) is 0 Å². The van der Waals surface area contributed by atoms with Gasteiger partial charge in [0.05, 0.1) is 19.8 Å². The molecule has 0 fully saturated rings. The van der Waals surface area contributed by atoms with Gasteiger partial charge < -0.3 is 14.9 Å². The smallest absolute Gasteiger partial charge is 0.333 e. The predicted octanol–water partition coefficient (Wildman–Crippen LogP) is -0.541. The molecular weight excluding hydrogens is 148 g/mol. The van der Waals surface area contributed by atoms with Gasteiger partial charge in [0.2, 0.25) is 0 Å². The number of aliphatic hydroxyl groups is 2. The fourth-order valence-electron chi connectivity index (χ4n) is 0.570. The van der Waals surface area contributed by atoms with Crippen LogP contribution in [0.5, 0.6) is 0 Å². The molecule has 1 unspecified atom stereocenters. The number of methoxy groups -OCH3 is 1. The lowest BCUT2D eigenvalue weighted by atomic mass is 10.2. The van der Waals surface area contributed by atoms with E-state index in [1.807, 2.05) is 0 Å². The van der Waals surface area contributed by atoms with Crippen LogP contribution < -0.4 is 0 Å². The Bertz CT molecular complexity index is 162. The number of hydrogen-bond acceptors (Lipinski definition) is 4. The molecule has 0 bridgehead atoms. The summed E-state index contributed by atoms with van der Waals surface area (Å²) in [6.45, 7) is 1.11. The van der Waals surface area contributed by atoms with E-state index in [-0.39, 0.29) is 5.57 Å². The first kappa shape index (κ1) is 10.1. The molecule has 0 radical (unpaired) electrons. The minimum absolute atomic E-state index is 0.286. The number of hydrogen-bond donors (Lipinski definition) is 2. The molecule has 64 valence electrons. The molecule has 0 aromatic rings. The Hall–Kier alpha value is -0.870. The van der Waals surface area contributed by atoms with Crippen LogP contribution in [0.1, 0.15) is 6.92 Å². The normalized spacial score (nSPS) is 14.4. The summed E-state index contributed by atoms with van der Waals surface area (Å²) < 4.78 is 4.36. The number of ether oxygens (including phenoxy) is 1. The van der Waals surface area contributed by atoms with Gasteiger partial charge in [0, 0.05) is 5.57 Å². The molecule has 0 aliphatic heterocycles. The maximum Gasteiger partial charge on any atom is 0.333 e. The predicted molar refractivity (Wildman–Crippen MR) is 38.9 cm³/mol. The highest BCUT2D eigenvalue weighted by Crippen LogP contribution is 1.97. The van der Waals surface area contributed by atoms with Crippen LogP contribution >= 0.6 is 0 Å². The van der Waals surface area contributed by atoms with Crippen LogP contribution in [0.25, 0.3) is 0 Å². The summed E-state index contributed by atoms with van der Waals surface area (Å²) in [6.07, 6.45) is 0.250. The van der Waals surface area contributed by atoms with Crippen LogP contribution in [0, 0.1) is 0 Å². The summed E-state index contributed by atoms with van der Waals surface area (Å²) in [7, 11) is 1.25. The molecule has 0 aromatic carbocycles. The van der Waals surface area contributed by atoms with Gasteiger partial charge in [-0.05, 0) is 13.0 Å². The van der Waals surface area contributed by atoms with E-state index >= 15 is 0 Å². The Morgan fingerprint density at radius 1 is 1.73 bits per heavy atom. The van der Waals surface area contributed by atoms with Gasteiger partial charge in [-0.15, -0.1) is 0 Å². The number of rotatable bonds is 3. The van der Waals surface area contributed by atoms with Crippen LogP contribution in [0.2, 0.25) is 0 Å². The molecule has 0 aliphatic carbocycles. The highest BCUT2D eigenvalue weighted by atomic mass is 16.5. The molecule has 2 N–H and O–H groups in total. The highest BCUT2D eigenvalue weighted by Gasteiger charge is 2.05. The van der Waals surface area contributed by atoms with Gasteiger partial charge in [0.25, 0.3) is 0 Å². The average molecular weight is 160 g/mol. The molecule has 0 heterocycles. The van der Waals surface area contributed by atoms with Crippen molar-refractivity contribution >= 4 is 5.97 Å². The molecule has 0 rings (SSSR count). The second-order valence-corrected chi connectivity index (χ2v) is 2.09. The summed E-state index contributed by atoms with van der Waals surface area (Å²) in [5, 5.41) is 17.2. The largest absolute Gasteiger partial charge is 0.466 e. The van der Waals surface area contributed by atoms with Gasteiger partial charge in [0.1, 0.15) is 0 Å². The monoisotopic (exact) mass is 160 g/mol. The Kier molecular flexibility index (Phi) is 4.49. The first-order chi connectivity index (χ1) is 5.11. The van der Waals surface area contributed by atoms with Crippen LogP contribution in [0.3, 0.4) is 0 Å². The molecule has 1 atom stereocenters. The summed E-state index contributed by atoms with van der Waals surface area (Å²) in [5.74, 6) is -0.502. The Labute approximate surface area is 65.1 Å². The minimum Gasteiger partial charge on any atom is -0.466 e. The quantitative estimate of drug-likeness (QED) is 0.430. The standard InChI is InChI=1S/C7H12O4/c1-5(7(10)11-2)3-6(9)4-8/h3,6,8-9H,4H2,1-2H3. The van der Waals surface area contributed by atoms with Crippen LogP contribution in [-0.4, -0.2) is 36.0 Å². The maximum atomic E-state index is 10.7. The minimum atomic E-state index is -0.992. The van der Waals surface area contributed by atoms with E-state index in [0.29, 0.717) is 0 Å². The third kappa shape index (κ3) is 3.75. The fraction of sp³-hybridized carbons (Fsp3) is 0.571. The zero-order chi connectivity index (χ0) is 8.85. The van der Waals surface area contributed by atoms with Gasteiger partial charge in [-0.25, -0.2) is 4.79 Å². The van der Waals surface area contributed by atoms with E-state index in [4.69, 9.17) is 10.2 Å². The van der Waals surface area contributed by atoms with E-state index < -0.39 is 18.7 Å². The molecule has 0 amide bonds. The summed E-state index contributed by atoms with van der Waals surface area (Å²) in [5.41, 5.74) is 0.286. The summed E-state index contributed by atoms with van der Waals surface area (Å²) in [4.78, 5) is 10.7. The molecule has 11 heavy (non-hydrogen) atoms. The second kappa shape index (κ2) is 4.87. The topological polar surface area (TPSA) is 66.8 Å². The lowest BCUT2D eigenvalue weighted by Gasteiger charge is -2.02. The molecule has 0 saturated carbocycles. The van der Waals surface area contributed by atoms with Gasteiger partial charge >= 0.3 is 5.97 Å². The molecule has 4 nitrogen and oxygen atoms in total. The van der Waals surface area contributed by atoms with Gasteiger partial charge in [-0.1, -0.05) is 0 Å². The van der Waals surface area contributed by atoms with E-state index in [1.165, 1.54) is 20.1 Å². The lowest BCUT2D eigenvalue weighted by molar-refractivity contribution is -0.136. The van der Waals surface area contributed by atoms with Crippen molar-refractivity contribution in [1.82, 2.24) is 0 Å². The lowest BCUT2D eigenvalue weighted by Crippen LogP contribution is -2.11. The number of aliphatic hydroxyl groups excluding tert-OH is 2. The van der Waals surface area contributed by atoms with Crippen molar-refractivity contribution in [3.05, 3.63) is 11.6 Å². The Morgan fingerprint density at radius 2 is 2.27 bits per heavy atom. The van der Waals surface area contributed by atoms with Crippen molar-refractivity contribution in [2.45, 2.75) is 13.0 Å². The van der Waals surface area contributed by atoms with E-state index in [2.05, 4.69) is 4.74 Å². The summed E-state index contributed by atoms with van der Waals surface area (Å²) >= 11 is 0. The van der Waals surface area contributed by atoms with Crippen LogP contribution in [-0.2, 0) is 9.53 Å². The zero-order valence-corrected chi connectivity index (χ0v) is 6.57. The number of carbonyl (C=O) groups is 1. The molecule has 0 aromatic heterocycles. The van der Waals surface area contributed by atoms with Crippen LogP contribution in [0.15, 0.2) is 11.6 Å². The van der Waals surface area contributed by atoms with Crippen molar-refractivity contribution in [2.24, 2.45) is 0 Å².